The summed E-state index contributed by atoms with van der Waals surface area (Å²) in [4.78, 5) is 46.5. The number of fused-ring (bicyclic) bond motifs is 2. The smallest absolute Gasteiger partial charge is 0.338 e. The zero-order valence-corrected chi connectivity index (χ0v) is 28.9. The molecule has 4 aromatic carbocycles. The fourth-order valence-corrected chi connectivity index (χ4v) is 4.42. The molecule has 0 aliphatic rings. The SMILES string of the molecule is C=C(C)C(=O)Cl.C=C(C)C(=O)Oc1ccc2c(=O)c(-c3ccc(OC)cc3)coc2c1.COc1ccc(-c2coc3cc(O)ccc3c2=O)cc1. The first kappa shape index (κ1) is 37.4. The maximum absolute atomic E-state index is 12.7. The first-order valence-corrected chi connectivity index (χ1v) is 15.5. The molecule has 0 bridgehead atoms. The zero-order chi connectivity index (χ0) is 37.2. The molecule has 0 atom stereocenters. The summed E-state index contributed by atoms with van der Waals surface area (Å²) in [5.74, 6) is 1.26. The maximum atomic E-state index is 12.7. The summed E-state index contributed by atoms with van der Waals surface area (Å²) in [6.07, 6.45) is 2.81. The van der Waals surface area contributed by atoms with Gasteiger partial charge in [-0.3, -0.25) is 14.4 Å². The minimum absolute atomic E-state index is 0.0675. The van der Waals surface area contributed by atoms with Crippen molar-refractivity contribution >= 4 is 44.8 Å². The Morgan fingerprint density at radius 1 is 0.647 bits per heavy atom. The standard InChI is InChI=1S/C20H16O5.C16H12O4.C4H5ClO/c1-12(2)20(22)25-15-8-9-16-18(10-15)24-11-17(19(16)21)13-4-6-14(23-3)7-5-13;1-19-12-5-2-10(3-6-12)14-9-20-15-8-11(17)4-7-13(15)16(14)18;1-3(2)4(5)6/h4-11H,1H2,2-3H3;2-9,17H,1H3;1H2,2H3. The number of aromatic hydroxyl groups is 1. The summed E-state index contributed by atoms with van der Waals surface area (Å²) >= 11 is 4.87. The van der Waals surface area contributed by atoms with Gasteiger partial charge >= 0.3 is 5.97 Å². The lowest BCUT2D eigenvalue weighted by Crippen LogP contribution is -2.09. The average Bonchev–Trinajstić information content (AvgIpc) is 3.12. The van der Waals surface area contributed by atoms with Gasteiger partial charge in [0.1, 0.15) is 46.7 Å². The highest BCUT2D eigenvalue weighted by Gasteiger charge is 2.13. The number of allylic oxidation sites excluding steroid dienone is 1. The lowest BCUT2D eigenvalue weighted by molar-refractivity contribution is -0.130. The van der Waals surface area contributed by atoms with Gasteiger partial charge in [0.05, 0.1) is 36.1 Å². The maximum Gasteiger partial charge on any atom is 0.338 e. The van der Waals surface area contributed by atoms with E-state index < -0.39 is 11.2 Å². The summed E-state index contributed by atoms with van der Waals surface area (Å²) in [6.45, 7) is 9.93. The number of halogens is 1. The third kappa shape index (κ3) is 9.40. The van der Waals surface area contributed by atoms with Gasteiger partial charge in [0, 0.05) is 23.3 Å². The van der Waals surface area contributed by atoms with E-state index >= 15 is 0 Å². The van der Waals surface area contributed by atoms with Gasteiger partial charge in [0.25, 0.3) is 0 Å². The van der Waals surface area contributed by atoms with Gasteiger partial charge in [-0.1, -0.05) is 37.4 Å². The van der Waals surface area contributed by atoms with Gasteiger partial charge in [0.15, 0.2) is 10.9 Å². The van der Waals surface area contributed by atoms with E-state index in [-0.39, 0.29) is 22.2 Å². The average molecular weight is 709 g/mol. The fourth-order valence-electron chi connectivity index (χ4n) is 4.42. The van der Waals surface area contributed by atoms with E-state index in [9.17, 15) is 24.3 Å². The Kier molecular flexibility index (Phi) is 12.3. The van der Waals surface area contributed by atoms with Crippen LogP contribution in [0.15, 0.2) is 140 Å². The number of phenols is 1. The third-order valence-electron chi connectivity index (χ3n) is 7.20. The molecule has 0 unspecified atom stereocenters. The molecule has 0 fully saturated rings. The molecule has 0 radical (unpaired) electrons. The van der Waals surface area contributed by atoms with Crippen molar-refractivity contribution in [1.29, 1.82) is 0 Å². The van der Waals surface area contributed by atoms with Crippen LogP contribution in [0.4, 0.5) is 0 Å². The number of benzene rings is 4. The first-order chi connectivity index (χ1) is 24.3. The molecule has 2 aromatic heterocycles. The molecule has 1 N–H and O–H groups in total. The van der Waals surface area contributed by atoms with Crippen LogP contribution in [0.2, 0.25) is 0 Å². The summed E-state index contributed by atoms with van der Waals surface area (Å²) in [5, 5.41) is 9.77. The molecule has 10 nitrogen and oxygen atoms in total. The van der Waals surface area contributed by atoms with Gasteiger partial charge in [-0.15, -0.1) is 0 Å². The number of methoxy groups -OCH3 is 2. The molecule has 0 aliphatic carbocycles. The van der Waals surface area contributed by atoms with Crippen molar-refractivity contribution in [2.45, 2.75) is 13.8 Å². The van der Waals surface area contributed by atoms with Crippen LogP contribution in [0.5, 0.6) is 23.0 Å². The van der Waals surface area contributed by atoms with Crippen LogP contribution in [0.1, 0.15) is 13.8 Å². The van der Waals surface area contributed by atoms with Crippen LogP contribution in [0, 0.1) is 0 Å². The van der Waals surface area contributed by atoms with E-state index in [1.165, 1.54) is 30.7 Å². The van der Waals surface area contributed by atoms with Crippen molar-refractivity contribution < 1.29 is 37.7 Å². The molecular formula is C40H33ClO10. The van der Waals surface area contributed by atoms with E-state index in [1.807, 2.05) is 0 Å². The van der Waals surface area contributed by atoms with Gasteiger partial charge < -0.3 is 28.2 Å². The molecule has 0 saturated heterocycles. The highest BCUT2D eigenvalue weighted by atomic mass is 35.5. The van der Waals surface area contributed by atoms with Crippen LogP contribution >= 0.6 is 11.6 Å². The third-order valence-corrected chi connectivity index (χ3v) is 7.52. The molecule has 0 aliphatic heterocycles. The molecular weight excluding hydrogens is 676 g/mol. The summed E-state index contributed by atoms with van der Waals surface area (Å²) in [7, 11) is 3.17. The van der Waals surface area contributed by atoms with Crippen LogP contribution in [0.3, 0.4) is 0 Å². The topological polar surface area (TPSA) is 142 Å². The first-order valence-electron chi connectivity index (χ1n) is 15.1. The predicted molar refractivity (Wildman–Crippen MR) is 197 cm³/mol. The van der Waals surface area contributed by atoms with Crippen molar-refractivity contribution in [3.8, 4) is 45.3 Å². The Morgan fingerprint density at radius 2 is 1.06 bits per heavy atom. The van der Waals surface area contributed by atoms with Gasteiger partial charge in [-0.25, -0.2) is 4.79 Å². The van der Waals surface area contributed by atoms with Crippen molar-refractivity contribution in [2.24, 2.45) is 0 Å². The van der Waals surface area contributed by atoms with Gasteiger partial charge in [-0.05, 0) is 85.1 Å². The predicted octanol–water partition coefficient (Wildman–Crippen LogP) is 8.45. The van der Waals surface area contributed by atoms with Crippen molar-refractivity contribution in [1.82, 2.24) is 0 Å². The second-order valence-electron chi connectivity index (χ2n) is 11.0. The van der Waals surface area contributed by atoms with Crippen molar-refractivity contribution in [3.63, 3.8) is 0 Å². The Balaban J connectivity index is 0.000000201. The number of phenolic OH excluding ortho intramolecular Hbond substituents is 1. The van der Waals surface area contributed by atoms with Gasteiger partial charge in [0.2, 0.25) is 5.24 Å². The number of carbonyl (C=O) groups excluding carboxylic acids is 2. The van der Waals surface area contributed by atoms with E-state index in [4.69, 9.17) is 34.6 Å². The lowest BCUT2D eigenvalue weighted by Gasteiger charge is -2.06. The molecule has 51 heavy (non-hydrogen) atoms. The molecule has 6 rings (SSSR count). The molecule has 2 heterocycles. The monoisotopic (exact) mass is 708 g/mol. The van der Waals surface area contributed by atoms with Crippen molar-refractivity contribution in [3.05, 3.63) is 142 Å². The minimum atomic E-state index is -0.531. The quantitative estimate of drug-likeness (QED) is 0.0743. The second kappa shape index (κ2) is 16.8. The summed E-state index contributed by atoms with van der Waals surface area (Å²) in [6, 6.07) is 23.4. The van der Waals surface area contributed by atoms with Crippen LogP contribution in [0.25, 0.3) is 44.2 Å². The Hall–Kier alpha value is -6.39. The normalized spacial score (nSPS) is 10.2. The number of ether oxygens (including phenoxy) is 3. The molecule has 0 saturated carbocycles. The highest BCUT2D eigenvalue weighted by Crippen LogP contribution is 2.26. The van der Waals surface area contributed by atoms with Crippen LogP contribution in [-0.4, -0.2) is 30.5 Å². The number of esters is 1. The number of rotatable bonds is 7. The molecule has 6 aromatic rings. The Labute approximate surface area is 297 Å². The highest BCUT2D eigenvalue weighted by molar-refractivity contribution is 6.67. The van der Waals surface area contributed by atoms with E-state index in [1.54, 1.807) is 94.8 Å². The minimum Gasteiger partial charge on any atom is -0.508 e. The van der Waals surface area contributed by atoms with E-state index in [0.717, 1.165) is 16.9 Å². The molecule has 0 spiro atoms. The number of hydrogen-bond acceptors (Lipinski definition) is 10. The second-order valence-corrected chi connectivity index (χ2v) is 11.3. The molecule has 0 amide bonds. The summed E-state index contributed by atoms with van der Waals surface area (Å²) in [5.41, 5.74) is 3.51. The fraction of sp³-hybridized carbons (Fsp3) is 0.100. The number of carbonyl (C=O) groups is 2. The number of hydrogen-bond donors (Lipinski definition) is 1. The lowest BCUT2D eigenvalue weighted by atomic mass is 10.1. The largest absolute Gasteiger partial charge is 0.508 e. The van der Waals surface area contributed by atoms with E-state index in [2.05, 4.69) is 13.2 Å². The van der Waals surface area contributed by atoms with Gasteiger partial charge in [-0.2, -0.15) is 0 Å². The van der Waals surface area contributed by atoms with Crippen LogP contribution < -0.4 is 25.1 Å². The van der Waals surface area contributed by atoms with Crippen LogP contribution in [-0.2, 0) is 9.59 Å². The Morgan fingerprint density at radius 3 is 1.47 bits per heavy atom. The summed E-state index contributed by atoms with van der Waals surface area (Å²) < 4.78 is 26.4. The van der Waals surface area contributed by atoms with Crippen molar-refractivity contribution in [2.75, 3.05) is 14.2 Å². The molecule has 260 valence electrons. The molecule has 11 heteroatoms. The Bertz CT molecular complexity index is 2340. The zero-order valence-electron chi connectivity index (χ0n) is 28.2. The van der Waals surface area contributed by atoms with E-state index in [0.29, 0.717) is 50.1 Å².